The first-order valence-electron chi connectivity index (χ1n) is 6.52. The number of carboxylic acid groups (broad SMARTS) is 1. The number of benzene rings is 2. The van der Waals surface area contributed by atoms with Gasteiger partial charge in [0.2, 0.25) is 0 Å². The van der Waals surface area contributed by atoms with E-state index in [9.17, 15) is 4.79 Å². The molecule has 1 unspecified atom stereocenters. The van der Waals surface area contributed by atoms with Crippen molar-refractivity contribution >= 4 is 28.6 Å². The Morgan fingerprint density at radius 2 is 2.14 bits per heavy atom. The van der Waals surface area contributed by atoms with Crippen LogP contribution in [0.3, 0.4) is 0 Å². The molecular formula is C16H13IO4. The van der Waals surface area contributed by atoms with E-state index in [4.69, 9.17) is 14.6 Å². The highest BCUT2D eigenvalue weighted by molar-refractivity contribution is 14.1. The summed E-state index contributed by atoms with van der Waals surface area (Å²) in [5, 5.41) is 9.03. The molecule has 2 aromatic carbocycles. The van der Waals surface area contributed by atoms with Crippen molar-refractivity contribution in [2.45, 2.75) is 5.92 Å². The van der Waals surface area contributed by atoms with E-state index in [2.05, 4.69) is 22.6 Å². The number of hydrogen-bond acceptors (Lipinski definition) is 3. The maximum atomic E-state index is 11.0. The molecule has 1 aliphatic heterocycles. The molecule has 0 aliphatic carbocycles. The molecule has 0 spiro atoms. The molecule has 1 aliphatic rings. The Hall–Kier alpha value is -1.76. The lowest BCUT2D eigenvalue weighted by Crippen LogP contribution is -2.12. The van der Waals surface area contributed by atoms with Crippen molar-refractivity contribution in [1.29, 1.82) is 0 Å². The fraction of sp³-hybridized carbons (Fsp3) is 0.188. The number of para-hydroxylation sites is 1. The SMILES string of the molecule is O=C(O)c1ccc(I)c(OCC2COc3ccccc32)c1. The largest absolute Gasteiger partial charge is 0.493 e. The van der Waals surface area contributed by atoms with E-state index >= 15 is 0 Å². The van der Waals surface area contributed by atoms with Gasteiger partial charge in [-0.05, 0) is 46.9 Å². The third-order valence-corrected chi connectivity index (χ3v) is 4.31. The van der Waals surface area contributed by atoms with Crippen LogP contribution in [0.4, 0.5) is 0 Å². The highest BCUT2D eigenvalue weighted by Crippen LogP contribution is 2.34. The highest BCUT2D eigenvalue weighted by atomic mass is 127. The second kappa shape index (κ2) is 5.93. The van der Waals surface area contributed by atoms with Gasteiger partial charge in [0.25, 0.3) is 0 Å². The summed E-state index contributed by atoms with van der Waals surface area (Å²) in [5.74, 6) is 0.719. The normalized spacial score (nSPS) is 16.1. The van der Waals surface area contributed by atoms with E-state index in [1.807, 2.05) is 24.3 Å². The Morgan fingerprint density at radius 1 is 1.33 bits per heavy atom. The molecular weight excluding hydrogens is 383 g/mol. The second-order valence-electron chi connectivity index (χ2n) is 4.81. The zero-order valence-electron chi connectivity index (χ0n) is 11.1. The smallest absolute Gasteiger partial charge is 0.335 e. The van der Waals surface area contributed by atoms with Crippen molar-refractivity contribution in [3.8, 4) is 11.5 Å². The number of fused-ring (bicyclic) bond motifs is 1. The number of ether oxygens (including phenoxy) is 2. The molecule has 0 saturated carbocycles. The molecule has 0 saturated heterocycles. The maximum absolute atomic E-state index is 11.0. The predicted octanol–water partition coefficient (Wildman–Crippen LogP) is 3.54. The van der Waals surface area contributed by atoms with Gasteiger partial charge in [0, 0.05) is 5.56 Å². The summed E-state index contributed by atoms with van der Waals surface area (Å²) in [5.41, 5.74) is 1.37. The first-order valence-corrected chi connectivity index (χ1v) is 7.60. The number of hydrogen-bond donors (Lipinski definition) is 1. The standard InChI is InChI=1S/C16H13IO4/c17-13-6-5-10(16(18)19)7-15(13)21-9-11-8-20-14-4-2-1-3-12(11)14/h1-7,11H,8-9H2,(H,18,19). The fourth-order valence-electron chi connectivity index (χ4n) is 2.30. The molecule has 1 atom stereocenters. The van der Waals surface area contributed by atoms with E-state index in [0.29, 0.717) is 19.0 Å². The molecule has 0 bridgehead atoms. The predicted molar refractivity (Wildman–Crippen MR) is 86.3 cm³/mol. The molecule has 0 fully saturated rings. The van der Waals surface area contributed by atoms with Crippen LogP contribution in [-0.4, -0.2) is 24.3 Å². The van der Waals surface area contributed by atoms with Crippen molar-refractivity contribution in [1.82, 2.24) is 0 Å². The molecule has 108 valence electrons. The van der Waals surface area contributed by atoms with Gasteiger partial charge in [-0.15, -0.1) is 0 Å². The van der Waals surface area contributed by atoms with Crippen molar-refractivity contribution in [2.75, 3.05) is 13.2 Å². The van der Waals surface area contributed by atoms with Gasteiger partial charge in [-0.1, -0.05) is 18.2 Å². The molecule has 1 heterocycles. The van der Waals surface area contributed by atoms with Crippen LogP contribution in [0.25, 0.3) is 0 Å². The van der Waals surface area contributed by atoms with Gasteiger partial charge in [-0.25, -0.2) is 4.79 Å². The van der Waals surface area contributed by atoms with Gasteiger partial charge >= 0.3 is 5.97 Å². The van der Waals surface area contributed by atoms with Crippen LogP contribution in [0.1, 0.15) is 21.8 Å². The summed E-state index contributed by atoms with van der Waals surface area (Å²) < 4.78 is 12.3. The van der Waals surface area contributed by atoms with E-state index in [-0.39, 0.29) is 11.5 Å². The van der Waals surface area contributed by atoms with Crippen LogP contribution in [-0.2, 0) is 0 Å². The minimum absolute atomic E-state index is 0.172. The summed E-state index contributed by atoms with van der Waals surface area (Å²) >= 11 is 2.14. The van der Waals surface area contributed by atoms with Gasteiger partial charge in [0.15, 0.2) is 0 Å². The van der Waals surface area contributed by atoms with Crippen LogP contribution in [0, 0.1) is 3.57 Å². The monoisotopic (exact) mass is 396 g/mol. The zero-order chi connectivity index (χ0) is 14.8. The Morgan fingerprint density at radius 3 is 2.95 bits per heavy atom. The summed E-state index contributed by atoms with van der Waals surface area (Å²) in [6, 6.07) is 12.8. The maximum Gasteiger partial charge on any atom is 0.335 e. The third-order valence-electron chi connectivity index (χ3n) is 3.42. The third kappa shape index (κ3) is 2.97. The van der Waals surface area contributed by atoms with Crippen LogP contribution >= 0.6 is 22.6 Å². The Balaban J connectivity index is 1.74. The van der Waals surface area contributed by atoms with Gasteiger partial charge in [0.05, 0.1) is 28.3 Å². The minimum Gasteiger partial charge on any atom is -0.493 e. The quantitative estimate of drug-likeness (QED) is 0.804. The van der Waals surface area contributed by atoms with Gasteiger partial charge in [0.1, 0.15) is 11.5 Å². The highest BCUT2D eigenvalue weighted by Gasteiger charge is 2.24. The van der Waals surface area contributed by atoms with Gasteiger partial charge in [-0.3, -0.25) is 0 Å². The van der Waals surface area contributed by atoms with E-state index in [0.717, 1.165) is 14.9 Å². The van der Waals surface area contributed by atoms with Crippen LogP contribution < -0.4 is 9.47 Å². The Labute approximate surface area is 135 Å². The van der Waals surface area contributed by atoms with E-state index in [1.54, 1.807) is 18.2 Å². The molecule has 1 N–H and O–H groups in total. The Bertz CT molecular complexity index is 684. The lowest BCUT2D eigenvalue weighted by Gasteiger charge is -2.13. The first kappa shape index (κ1) is 14.2. The molecule has 5 heteroatoms. The van der Waals surface area contributed by atoms with Gasteiger partial charge < -0.3 is 14.6 Å². The van der Waals surface area contributed by atoms with E-state index < -0.39 is 5.97 Å². The summed E-state index contributed by atoms with van der Waals surface area (Å²) in [6.07, 6.45) is 0. The second-order valence-corrected chi connectivity index (χ2v) is 5.97. The number of aromatic carboxylic acids is 1. The average molecular weight is 396 g/mol. The molecule has 0 radical (unpaired) electrons. The lowest BCUT2D eigenvalue weighted by atomic mass is 10.0. The summed E-state index contributed by atoms with van der Waals surface area (Å²) in [4.78, 5) is 11.0. The van der Waals surface area contributed by atoms with Gasteiger partial charge in [-0.2, -0.15) is 0 Å². The van der Waals surface area contributed by atoms with Crippen molar-refractivity contribution in [2.24, 2.45) is 0 Å². The number of rotatable bonds is 4. The fourth-order valence-corrected chi connectivity index (χ4v) is 2.80. The van der Waals surface area contributed by atoms with Crippen LogP contribution in [0.5, 0.6) is 11.5 Å². The number of carbonyl (C=O) groups is 1. The zero-order valence-corrected chi connectivity index (χ0v) is 13.2. The topological polar surface area (TPSA) is 55.8 Å². The molecule has 3 rings (SSSR count). The lowest BCUT2D eigenvalue weighted by molar-refractivity contribution is 0.0696. The molecule has 0 aromatic heterocycles. The van der Waals surface area contributed by atoms with Crippen molar-refractivity contribution in [3.63, 3.8) is 0 Å². The first-order chi connectivity index (χ1) is 10.1. The summed E-state index contributed by atoms with van der Waals surface area (Å²) in [7, 11) is 0. The average Bonchev–Trinajstić information content (AvgIpc) is 2.89. The summed E-state index contributed by atoms with van der Waals surface area (Å²) in [6.45, 7) is 1.06. The molecule has 4 nitrogen and oxygen atoms in total. The van der Waals surface area contributed by atoms with E-state index in [1.165, 1.54) is 0 Å². The van der Waals surface area contributed by atoms with Crippen LogP contribution in [0.15, 0.2) is 42.5 Å². The Kier molecular flexibility index (Phi) is 4.01. The van der Waals surface area contributed by atoms with Crippen molar-refractivity contribution in [3.05, 3.63) is 57.2 Å². The molecule has 2 aromatic rings. The minimum atomic E-state index is -0.953. The number of halogens is 1. The van der Waals surface area contributed by atoms with Crippen molar-refractivity contribution < 1.29 is 19.4 Å². The molecule has 21 heavy (non-hydrogen) atoms. The molecule has 0 amide bonds. The number of carboxylic acids is 1. The van der Waals surface area contributed by atoms with Crippen LogP contribution in [0.2, 0.25) is 0 Å².